The van der Waals surface area contributed by atoms with Gasteiger partial charge in [-0.2, -0.15) is 12.7 Å². The van der Waals surface area contributed by atoms with Gasteiger partial charge in [-0.05, 0) is 124 Å². The zero-order chi connectivity index (χ0) is 44.7. The zero-order valence-corrected chi connectivity index (χ0v) is 35.8. The number of rotatable bonds is 12. The molecule has 18 heteroatoms. The lowest BCUT2D eigenvalue weighted by molar-refractivity contribution is -0.120. The predicted octanol–water partition coefficient (Wildman–Crippen LogP) is 7.51. The van der Waals surface area contributed by atoms with E-state index in [0.29, 0.717) is 22.5 Å². The van der Waals surface area contributed by atoms with E-state index in [1.54, 1.807) is 18.3 Å². The highest BCUT2D eigenvalue weighted by Crippen LogP contribution is 2.35. The van der Waals surface area contributed by atoms with Crippen LogP contribution in [0.5, 0.6) is 0 Å². The smallest absolute Gasteiger partial charge is 0.328 e. The molecule has 1 atom stereocenters. The van der Waals surface area contributed by atoms with Gasteiger partial charge in [0.2, 0.25) is 11.7 Å². The number of aromatic amines is 1. The fraction of sp³-hybridized carbons (Fsp3) is 0.391. The Kier molecular flexibility index (Phi) is 12.2. The monoisotopic (exact) mass is 900 g/mol. The van der Waals surface area contributed by atoms with Gasteiger partial charge in [-0.1, -0.05) is 18.2 Å². The zero-order valence-electron chi connectivity index (χ0n) is 35.0. The number of hydrogen-bond acceptors (Lipinski definition) is 8. The average Bonchev–Trinajstić information content (AvgIpc) is 3.94. The molecule has 3 aromatic carbocycles. The Morgan fingerprint density at radius 2 is 1.61 bits per heavy atom. The van der Waals surface area contributed by atoms with Crippen LogP contribution in [0, 0.1) is 23.4 Å². The van der Waals surface area contributed by atoms with Gasteiger partial charge in [0.15, 0.2) is 5.82 Å². The topological polar surface area (TPSA) is 151 Å². The summed E-state index contributed by atoms with van der Waals surface area (Å²) in [5.41, 5.74) is 2.45. The molecule has 3 amide bonds. The number of piperidine rings is 2. The first kappa shape index (κ1) is 43.4. The van der Waals surface area contributed by atoms with E-state index in [1.807, 2.05) is 35.1 Å². The van der Waals surface area contributed by atoms with Crippen molar-refractivity contribution >= 4 is 56.0 Å². The van der Waals surface area contributed by atoms with Crippen molar-refractivity contribution in [3.63, 3.8) is 0 Å². The van der Waals surface area contributed by atoms with Gasteiger partial charge in [-0.3, -0.25) is 24.5 Å². The van der Waals surface area contributed by atoms with Gasteiger partial charge in [0.1, 0.15) is 23.5 Å². The molecule has 64 heavy (non-hydrogen) atoms. The van der Waals surface area contributed by atoms with Crippen molar-refractivity contribution < 1.29 is 40.4 Å². The molecule has 0 saturated carbocycles. The predicted molar refractivity (Wildman–Crippen MR) is 235 cm³/mol. The Morgan fingerprint density at radius 1 is 0.844 bits per heavy atom. The molecule has 6 heterocycles. The van der Waals surface area contributed by atoms with E-state index in [9.17, 15) is 27.2 Å². The molecule has 13 nitrogen and oxygen atoms in total. The van der Waals surface area contributed by atoms with Crippen molar-refractivity contribution in [1.82, 2.24) is 24.5 Å². The number of amides is 3. The van der Waals surface area contributed by atoms with E-state index in [4.69, 9.17) is 0 Å². The summed E-state index contributed by atoms with van der Waals surface area (Å²) >= 11 is 0. The number of likely N-dealkylation sites (tertiary alicyclic amines) is 1. The highest BCUT2D eigenvalue weighted by molar-refractivity contribution is 7.90. The molecular formula is C46H48F4N8O5S. The number of aromatic nitrogens is 2. The van der Waals surface area contributed by atoms with Crippen LogP contribution in [0.2, 0.25) is 0 Å². The number of hydrogen-bond donors (Lipinski definition) is 3. The Hall–Kier alpha value is -5.85. The van der Waals surface area contributed by atoms with Crippen LogP contribution in [0.4, 0.5) is 39.4 Å². The molecule has 336 valence electrons. The third kappa shape index (κ3) is 8.95. The molecule has 4 aliphatic heterocycles. The molecule has 9 rings (SSSR count). The van der Waals surface area contributed by atoms with Gasteiger partial charge >= 0.3 is 16.2 Å². The summed E-state index contributed by atoms with van der Waals surface area (Å²) in [5.74, 6) is -3.49. The summed E-state index contributed by atoms with van der Waals surface area (Å²) in [6.45, 7) is 4.45. The van der Waals surface area contributed by atoms with Gasteiger partial charge in [-0.25, -0.2) is 27.3 Å². The number of anilines is 3. The second-order valence-corrected chi connectivity index (χ2v) is 18.8. The highest BCUT2D eigenvalue weighted by Gasteiger charge is 2.34. The van der Waals surface area contributed by atoms with Crippen LogP contribution in [-0.2, 0) is 15.0 Å². The number of halogens is 4. The number of alkyl halides is 1. The Morgan fingerprint density at radius 3 is 2.31 bits per heavy atom. The second kappa shape index (κ2) is 18.0. The van der Waals surface area contributed by atoms with Crippen molar-refractivity contribution in [1.29, 1.82) is 0 Å². The minimum atomic E-state index is -4.35. The van der Waals surface area contributed by atoms with Crippen LogP contribution in [0.15, 0.2) is 73.1 Å². The summed E-state index contributed by atoms with van der Waals surface area (Å²) in [7, 11) is -4.35. The van der Waals surface area contributed by atoms with E-state index in [1.165, 1.54) is 17.2 Å². The third-order valence-electron chi connectivity index (χ3n) is 13.2. The summed E-state index contributed by atoms with van der Waals surface area (Å²) in [6, 6.07) is 16.0. The number of nitrogens with zero attached hydrogens (tertiary/aromatic N) is 5. The number of carbonyl (C=O) groups is 3. The number of urea groups is 1. The maximum Gasteiger partial charge on any atom is 0.328 e. The van der Waals surface area contributed by atoms with Crippen LogP contribution in [0.3, 0.4) is 0 Å². The van der Waals surface area contributed by atoms with Crippen LogP contribution in [0.1, 0.15) is 72.3 Å². The molecule has 2 aromatic heterocycles. The third-order valence-corrected chi connectivity index (χ3v) is 14.7. The quantitative estimate of drug-likeness (QED) is 0.0861. The van der Waals surface area contributed by atoms with Crippen LogP contribution >= 0.6 is 0 Å². The molecule has 0 unspecified atom stereocenters. The first-order chi connectivity index (χ1) is 30.8. The molecule has 0 aliphatic carbocycles. The molecule has 5 aromatic rings. The van der Waals surface area contributed by atoms with E-state index < -0.39 is 56.9 Å². The lowest BCUT2D eigenvalue weighted by Crippen LogP contribution is -2.49. The normalized spacial score (nSPS) is 19.7. The number of H-pyrrole nitrogens is 1. The van der Waals surface area contributed by atoms with Gasteiger partial charge in [0, 0.05) is 73.7 Å². The Bertz CT molecular complexity index is 2700. The molecule has 3 N–H and O–H groups in total. The maximum absolute atomic E-state index is 15.7. The number of nitrogens with one attached hydrogen (secondary N) is 3. The number of imide groups is 1. The molecule has 0 bridgehead atoms. The highest BCUT2D eigenvalue weighted by atomic mass is 32.2. The fourth-order valence-electron chi connectivity index (χ4n) is 9.42. The van der Waals surface area contributed by atoms with Gasteiger partial charge < -0.3 is 14.8 Å². The molecule has 0 radical (unpaired) electrons. The number of carbonyl (C=O) groups excluding carboxylic acids is 3. The summed E-state index contributed by atoms with van der Waals surface area (Å²) < 4.78 is 88.1. The van der Waals surface area contributed by atoms with Crippen molar-refractivity contribution in [2.24, 2.45) is 5.92 Å². The minimum Gasteiger partial charge on any atom is -0.372 e. The van der Waals surface area contributed by atoms with Crippen molar-refractivity contribution in [2.75, 3.05) is 66.9 Å². The summed E-state index contributed by atoms with van der Waals surface area (Å²) in [5, 5.41) is 2.58. The molecular weight excluding hydrogens is 853 g/mol. The van der Waals surface area contributed by atoms with Crippen molar-refractivity contribution in [3.05, 3.63) is 107 Å². The van der Waals surface area contributed by atoms with Crippen LogP contribution < -0.4 is 19.8 Å². The Labute approximate surface area is 368 Å². The number of benzene rings is 3. The maximum atomic E-state index is 15.7. The van der Waals surface area contributed by atoms with Crippen LogP contribution in [-0.4, -0.2) is 104 Å². The molecule has 0 spiro atoms. The van der Waals surface area contributed by atoms with E-state index >= 15 is 13.2 Å². The second-order valence-electron chi connectivity index (χ2n) is 17.1. The molecule has 4 saturated heterocycles. The lowest BCUT2D eigenvalue weighted by atomic mass is 9.88. The SMILES string of the molecule is O=C1CCN(c2ccc(C3CCN(CCC4CCN(c5ccc(-c6cnc7[nH]cc(C(=O)c8c(F)ccc(NS(=O)(=O)N9CC[C@@H](F)C9)c8F)c7c6)cc5)CC4)CC3)cc2F)C(=O)N1. The first-order valence-corrected chi connectivity index (χ1v) is 23.2. The van der Waals surface area contributed by atoms with Crippen molar-refractivity contribution in [3.8, 4) is 11.1 Å². The standard InChI is InChI=1S/C46H48F4N8O5S/c47-33-14-21-57(27-33)64(62,63)54-39-7-6-37(48)42(43(39)50)44(60)36-26-52-45-35(36)23-32(25-51-45)29-1-4-34(5-2-29)56-19-10-28(11-20-56)9-16-55-17-12-30(13-18-55)31-3-8-40(38(49)24-31)58-22-15-41(59)53-46(58)61/h1-8,23-26,28,30,33,54H,9-22,27H2,(H,51,52)(H,53,59,61)/t33-/m1/s1. The van der Waals surface area contributed by atoms with Crippen LogP contribution in [0.25, 0.3) is 22.2 Å². The fourth-order valence-corrected chi connectivity index (χ4v) is 10.7. The van der Waals surface area contributed by atoms with E-state index in [0.717, 1.165) is 98.1 Å². The molecule has 4 fully saturated rings. The summed E-state index contributed by atoms with van der Waals surface area (Å²) in [6.07, 6.45) is 6.90. The van der Waals surface area contributed by atoms with E-state index in [-0.39, 0.29) is 55.6 Å². The molecule has 4 aliphatic rings. The largest absolute Gasteiger partial charge is 0.372 e. The minimum absolute atomic E-state index is 0.00355. The van der Waals surface area contributed by atoms with Gasteiger partial charge in [-0.15, -0.1) is 0 Å². The number of pyridine rings is 1. The Balaban J connectivity index is 0.773. The summed E-state index contributed by atoms with van der Waals surface area (Å²) in [4.78, 5) is 50.9. The number of ketones is 1. The van der Waals surface area contributed by atoms with Gasteiger partial charge in [0.25, 0.3) is 0 Å². The lowest BCUT2D eigenvalue weighted by Gasteiger charge is -2.36. The average molecular weight is 901 g/mol. The van der Waals surface area contributed by atoms with E-state index in [2.05, 4.69) is 25.1 Å². The van der Waals surface area contributed by atoms with Gasteiger partial charge in [0.05, 0.1) is 16.9 Å². The first-order valence-electron chi connectivity index (χ1n) is 21.7. The number of fused-ring (bicyclic) bond motifs is 1. The van der Waals surface area contributed by atoms with Crippen molar-refractivity contribution in [2.45, 2.75) is 57.0 Å².